The van der Waals surface area contributed by atoms with Gasteiger partial charge in [0, 0.05) is 6.54 Å². The average Bonchev–Trinajstić information content (AvgIpc) is 3.90. The van der Waals surface area contributed by atoms with E-state index in [0.717, 1.165) is 50.5 Å². The highest BCUT2D eigenvalue weighted by Gasteiger charge is 2.44. The monoisotopic (exact) mass is 725 g/mol. The summed E-state index contributed by atoms with van der Waals surface area (Å²) in [6, 6.07) is 5.72. The van der Waals surface area contributed by atoms with Gasteiger partial charge in [0.15, 0.2) is 0 Å². The molecule has 12 nitrogen and oxygen atoms in total. The maximum atomic E-state index is 14.0. The first-order chi connectivity index (χ1) is 25.0. The Morgan fingerprint density at radius 3 is 1.98 bits per heavy atom. The number of hydrogen-bond acceptors (Lipinski definition) is 7. The zero-order valence-corrected chi connectivity index (χ0v) is 31.7. The standard InChI is InChI=1S/C31H43N5O7.C6H12.C3H8/c1-19-14-24(29(40)34-23(15-20-12-13-20)27(38)28(32)39)36(17-19)30(41)26(22-10-6-3-7-11-22)35-31(42)33-16-25(37)43-18-21-8-4-2-5-9-21;1-2-4-6-5-3-1;1-3-2/h2,4-5,8-9,19-20,22-24,26H,3,6-7,10-18H2,1H3,(H2,32,39)(H,34,40)(H2,33,35,42);1-6H2;3H2,1-2H3/t19-,23?,24+,26?;;/m1../s1. The molecule has 3 saturated carbocycles. The number of Topliss-reactive ketones (excluding diaryl/α,β-unsaturated/α-hetero) is 1. The Morgan fingerprint density at radius 2 is 1.42 bits per heavy atom. The van der Waals surface area contributed by atoms with Crippen LogP contribution in [-0.4, -0.2) is 71.6 Å². The van der Waals surface area contributed by atoms with Crippen molar-refractivity contribution in [3.8, 4) is 0 Å². The first-order valence-electron chi connectivity index (χ1n) is 19.7. The van der Waals surface area contributed by atoms with Gasteiger partial charge in [-0.15, -0.1) is 0 Å². The second-order valence-corrected chi connectivity index (χ2v) is 15.0. The van der Waals surface area contributed by atoms with E-state index in [9.17, 15) is 28.8 Å². The van der Waals surface area contributed by atoms with E-state index in [1.54, 1.807) is 0 Å². The lowest BCUT2D eigenvalue weighted by atomic mass is 9.83. The number of amides is 5. The predicted octanol–water partition coefficient (Wildman–Crippen LogP) is 5.31. The van der Waals surface area contributed by atoms with Crippen LogP contribution >= 0.6 is 0 Å². The van der Waals surface area contributed by atoms with Crippen LogP contribution in [0.15, 0.2) is 30.3 Å². The van der Waals surface area contributed by atoms with Gasteiger partial charge < -0.3 is 31.3 Å². The number of nitrogens with two attached hydrogens (primary N) is 1. The molecular weight excluding hydrogens is 662 g/mol. The van der Waals surface area contributed by atoms with Gasteiger partial charge in [0.25, 0.3) is 5.91 Å². The van der Waals surface area contributed by atoms with Gasteiger partial charge in [-0.05, 0) is 49.0 Å². The Bertz CT molecular complexity index is 1280. The molecule has 12 heteroatoms. The largest absolute Gasteiger partial charge is 0.460 e. The van der Waals surface area contributed by atoms with Crippen LogP contribution in [0.5, 0.6) is 0 Å². The maximum absolute atomic E-state index is 14.0. The van der Waals surface area contributed by atoms with E-state index in [4.69, 9.17) is 10.5 Å². The Hall–Kier alpha value is -3.96. The van der Waals surface area contributed by atoms with E-state index < -0.39 is 47.7 Å². The van der Waals surface area contributed by atoms with Gasteiger partial charge in [-0.3, -0.25) is 24.0 Å². The predicted molar refractivity (Wildman–Crippen MR) is 200 cm³/mol. The van der Waals surface area contributed by atoms with Crippen LogP contribution < -0.4 is 21.7 Å². The van der Waals surface area contributed by atoms with Crippen molar-refractivity contribution in [3.63, 3.8) is 0 Å². The number of carbonyl (C=O) groups excluding carboxylic acids is 6. The topological polar surface area (TPSA) is 177 Å². The Labute approximate surface area is 310 Å². The molecule has 4 fully saturated rings. The lowest BCUT2D eigenvalue weighted by molar-refractivity contribution is -0.143. The maximum Gasteiger partial charge on any atom is 0.325 e. The van der Waals surface area contributed by atoms with E-state index >= 15 is 0 Å². The van der Waals surface area contributed by atoms with E-state index in [1.165, 1.54) is 49.8 Å². The molecule has 1 aliphatic heterocycles. The van der Waals surface area contributed by atoms with E-state index in [-0.39, 0.29) is 36.8 Å². The van der Waals surface area contributed by atoms with Gasteiger partial charge in [0.05, 0.1) is 6.04 Å². The van der Waals surface area contributed by atoms with Crippen molar-refractivity contribution in [2.75, 3.05) is 13.1 Å². The van der Waals surface area contributed by atoms with E-state index in [1.807, 2.05) is 37.3 Å². The molecule has 1 aromatic carbocycles. The van der Waals surface area contributed by atoms with Crippen LogP contribution in [0.4, 0.5) is 4.79 Å². The summed E-state index contributed by atoms with van der Waals surface area (Å²) < 4.78 is 5.22. The lowest BCUT2D eigenvalue weighted by Crippen LogP contribution is -2.59. The number of nitrogens with one attached hydrogen (secondary N) is 3. The van der Waals surface area contributed by atoms with Crippen molar-refractivity contribution in [3.05, 3.63) is 35.9 Å². The minimum absolute atomic E-state index is 0.00800. The molecule has 3 aliphatic carbocycles. The summed E-state index contributed by atoms with van der Waals surface area (Å²) in [6.45, 7) is 6.20. The summed E-state index contributed by atoms with van der Waals surface area (Å²) >= 11 is 0. The van der Waals surface area contributed by atoms with Crippen LogP contribution in [0, 0.1) is 17.8 Å². The number of carbonyl (C=O) groups is 6. The normalized spacial score (nSPS) is 21.1. The van der Waals surface area contributed by atoms with Gasteiger partial charge in [-0.1, -0.05) is 128 Å². The number of esters is 1. The highest BCUT2D eigenvalue weighted by atomic mass is 16.5. The molecule has 0 radical (unpaired) electrons. The van der Waals surface area contributed by atoms with Crippen LogP contribution in [0.2, 0.25) is 0 Å². The summed E-state index contributed by atoms with van der Waals surface area (Å²) in [6.07, 6.45) is 17.2. The zero-order chi connectivity index (χ0) is 37.9. The molecule has 0 spiro atoms. The minimum atomic E-state index is -1.10. The van der Waals surface area contributed by atoms with Gasteiger partial charge in [0.1, 0.15) is 25.2 Å². The first-order valence-corrected chi connectivity index (χ1v) is 19.7. The number of ketones is 1. The molecule has 5 N–H and O–H groups in total. The van der Waals surface area contributed by atoms with Crippen molar-refractivity contribution < 1.29 is 33.5 Å². The fourth-order valence-electron chi connectivity index (χ4n) is 7.12. The SMILES string of the molecule is C1CCCCC1.CCC.C[C@@H]1C[C@@H](C(=O)NC(CC2CC2)C(=O)C(N)=O)N(C(=O)C(NC(=O)NCC(=O)OCc2ccccc2)C2CCCCC2)C1. The third-order valence-corrected chi connectivity index (χ3v) is 10.0. The Kier molecular flexibility index (Phi) is 18.7. The van der Waals surface area contributed by atoms with Crippen LogP contribution in [0.25, 0.3) is 0 Å². The molecule has 5 amide bonds. The van der Waals surface area contributed by atoms with Gasteiger partial charge in [-0.2, -0.15) is 0 Å². The number of ether oxygens (including phenoxy) is 1. The number of hydrogen-bond donors (Lipinski definition) is 4. The molecule has 0 aromatic heterocycles. The summed E-state index contributed by atoms with van der Waals surface area (Å²) in [7, 11) is 0. The van der Waals surface area contributed by atoms with E-state index in [2.05, 4.69) is 29.8 Å². The Morgan fingerprint density at radius 1 is 0.846 bits per heavy atom. The van der Waals surface area contributed by atoms with Crippen molar-refractivity contribution in [2.24, 2.45) is 23.5 Å². The number of likely N-dealkylation sites (tertiary alicyclic amines) is 1. The summed E-state index contributed by atoms with van der Waals surface area (Å²) in [5.41, 5.74) is 6.05. The molecule has 52 heavy (non-hydrogen) atoms. The van der Waals surface area contributed by atoms with Crippen molar-refractivity contribution >= 4 is 35.5 Å². The molecule has 5 rings (SSSR count). The minimum Gasteiger partial charge on any atom is -0.460 e. The van der Waals surface area contributed by atoms with Crippen LogP contribution in [0.3, 0.4) is 0 Å². The van der Waals surface area contributed by atoms with Gasteiger partial charge in [-0.25, -0.2) is 4.79 Å². The van der Waals surface area contributed by atoms with Crippen LogP contribution in [0.1, 0.15) is 129 Å². The second kappa shape index (κ2) is 22.9. The summed E-state index contributed by atoms with van der Waals surface area (Å²) in [4.78, 5) is 78.1. The fraction of sp³-hybridized carbons (Fsp3) is 0.700. The number of primary amides is 1. The molecule has 2 unspecified atom stereocenters. The fourth-order valence-corrected chi connectivity index (χ4v) is 7.12. The van der Waals surface area contributed by atoms with Crippen LogP contribution in [-0.2, 0) is 35.3 Å². The smallest absolute Gasteiger partial charge is 0.325 e. The number of nitrogens with zero attached hydrogens (tertiary/aromatic N) is 1. The number of benzene rings is 1. The molecule has 1 heterocycles. The summed E-state index contributed by atoms with van der Waals surface area (Å²) in [5.74, 6) is -3.31. The molecule has 290 valence electrons. The van der Waals surface area contributed by atoms with Gasteiger partial charge in [0.2, 0.25) is 17.6 Å². The molecule has 0 bridgehead atoms. The quantitative estimate of drug-likeness (QED) is 0.157. The van der Waals surface area contributed by atoms with E-state index in [0.29, 0.717) is 19.4 Å². The highest BCUT2D eigenvalue weighted by molar-refractivity contribution is 6.37. The molecule has 4 atom stereocenters. The molecule has 4 aliphatic rings. The summed E-state index contributed by atoms with van der Waals surface area (Å²) in [5, 5.41) is 7.97. The third-order valence-electron chi connectivity index (χ3n) is 10.0. The first kappa shape index (κ1) is 42.5. The average molecular weight is 726 g/mol. The number of rotatable bonds is 13. The van der Waals surface area contributed by atoms with Crippen molar-refractivity contribution in [1.82, 2.24) is 20.9 Å². The zero-order valence-electron chi connectivity index (χ0n) is 31.7. The second-order valence-electron chi connectivity index (χ2n) is 15.0. The third kappa shape index (κ3) is 14.9. The number of urea groups is 1. The molecular formula is C40H63N5O7. The molecule has 1 saturated heterocycles. The lowest BCUT2D eigenvalue weighted by Gasteiger charge is -2.35. The van der Waals surface area contributed by atoms with Crippen molar-refractivity contribution in [1.29, 1.82) is 0 Å². The highest BCUT2D eigenvalue weighted by Crippen LogP contribution is 2.34. The van der Waals surface area contributed by atoms with Gasteiger partial charge >= 0.3 is 12.0 Å². The van der Waals surface area contributed by atoms with Crippen molar-refractivity contribution in [2.45, 2.75) is 148 Å². The Balaban J connectivity index is 0.000000713. The molecule has 1 aromatic rings.